The molecule has 0 unspecified atom stereocenters. The van der Waals surface area contributed by atoms with Crippen LogP contribution in [0.5, 0.6) is 5.75 Å². The van der Waals surface area contributed by atoms with Gasteiger partial charge in [0.05, 0.1) is 33.5 Å². The van der Waals surface area contributed by atoms with Crippen LogP contribution in [0.25, 0.3) is 20.8 Å². The van der Waals surface area contributed by atoms with Crippen molar-refractivity contribution in [3.63, 3.8) is 0 Å². The van der Waals surface area contributed by atoms with Crippen molar-refractivity contribution in [2.45, 2.75) is 13.8 Å². The van der Waals surface area contributed by atoms with Crippen LogP contribution in [-0.4, -0.2) is 18.2 Å². The Hall–Kier alpha value is -1.46. The van der Waals surface area contributed by atoms with Crippen molar-refractivity contribution in [1.82, 2.24) is 4.98 Å². The fourth-order valence-electron chi connectivity index (χ4n) is 2.10. The van der Waals surface area contributed by atoms with Gasteiger partial charge in [0.1, 0.15) is 5.75 Å². The smallest absolute Gasteiger partial charge is 0.345 e. The molecule has 1 aromatic rings. The fraction of sp³-hybridized carbons (Fsp3) is 0.250. The Kier molecular flexibility index (Phi) is 5.31. The van der Waals surface area contributed by atoms with Crippen LogP contribution in [0.4, 0.5) is 0 Å². The molecule has 3 nitrogen and oxygen atoms in total. The average molecular weight is 366 g/mol. The largest absolute Gasteiger partial charge is 1.00 e. The lowest BCUT2D eigenvalue weighted by Gasteiger charge is -2.07. The van der Waals surface area contributed by atoms with E-state index in [4.69, 9.17) is 9.16 Å². The molecule has 0 fully saturated rings. The molecule has 0 spiro atoms. The van der Waals surface area contributed by atoms with Crippen molar-refractivity contribution in [2.24, 2.45) is 0 Å². The maximum atomic E-state index is 5.54. The summed E-state index contributed by atoms with van der Waals surface area (Å²) in [5.41, 5.74) is 2.88. The zero-order chi connectivity index (χ0) is 13.9. The lowest BCUT2D eigenvalue weighted by atomic mass is 10.2. The molecule has 0 saturated heterocycles. The third-order valence-corrected chi connectivity index (χ3v) is 4.04. The van der Waals surface area contributed by atoms with Gasteiger partial charge in [-0.05, 0) is 31.2 Å². The van der Waals surface area contributed by atoms with Crippen LogP contribution in [0.1, 0.15) is 13.8 Å². The predicted molar refractivity (Wildman–Crippen MR) is 84.2 cm³/mol. The lowest BCUT2D eigenvalue weighted by Crippen LogP contribution is -3.00. The molecule has 2 aliphatic rings. The molecule has 1 heterocycles. The van der Waals surface area contributed by atoms with Crippen molar-refractivity contribution < 1.29 is 21.7 Å². The highest BCUT2D eigenvalue weighted by Crippen LogP contribution is 2.31. The Labute approximate surface area is 138 Å². The molecule has 0 atom stereocenters. The highest BCUT2D eigenvalue weighted by molar-refractivity contribution is 7.21. The molecule has 1 aliphatic heterocycles. The molecular weight excluding hydrogens is 350 g/mol. The molecule has 0 aromatic heterocycles. The Bertz CT molecular complexity index is 785. The van der Waals surface area contributed by atoms with E-state index < -0.39 is 0 Å². The number of hydrogen-bond acceptors (Lipinski definition) is 3. The summed E-state index contributed by atoms with van der Waals surface area (Å²) in [7, 11) is 0. The highest BCUT2D eigenvalue weighted by atomic mass is 79.9. The van der Waals surface area contributed by atoms with Crippen LogP contribution in [0.3, 0.4) is 0 Å². The maximum Gasteiger partial charge on any atom is 0.345 e. The second kappa shape index (κ2) is 7.00. The molecule has 0 bridgehead atoms. The monoisotopic (exact) mass is 365 g/mol. The minimum atomic E-state index is 0. The minimum Gasteiger partial charge on any atom is -1.00 e. The first-order valence-corrected chi connectivity index (χ1v) is 7.55. The summed E-state index contributed by atoms with van der Waals surface area (Å²) in [6.07, 6.45) is 0. The summed E-state index contributed by atoms with van der Waals surface area (Å²) < 4.78 is 12.2. The third kappa shape index (κ3) is 3.41. The summed E-state index contributed by atoms with van der Waals surface area (Å²) in [5.74, 6) is 0.887. The van der Waals surface area contributed by atoms with E-state index in [-0.39, 0.29) is 17.0 Å². The van der Waals surface area contributed by atoms with E-state index in [9.17, 15) is 0 Å². The van der Waals surface area contributed by atoms with Crippen LogP contribution in [-0.2, 0) is 0 Å². The van der Waals surface area contributed by atoms with E-state index >= 15 is 0 Å². The van der Waals surface area contributed by atoms with Gasteiger partial charge in [0, 0.05) is 13.0 Å². The second-order valence-corrected chi connectivity index (χ2v) is 5.42. The van der Waals surface area contributed by atoms with Gasteiger partial charge in [-0.1, -0.05) is 0 Å². The van der Waals surface area contributed by atoms with Gasteiger partial charge in [-0.25, -0.2) is 4.98 Å². The first kappa shape index (κ1) is 15.9. The standard InChI is InChI=1S/C16H16NO2S.BrH/c1-3-18-11-5-7-13-15(9-11)20-16-10-12(19-4-2)6-8-14(16)17-13;/h5-10H,3-4H2,1-2H3;1H/q+1;/p-1. The van der Waals surface area contributed by atoms with Gasteiger partial charge in [0.2, 0.25) is 0 Å². The van der Waals surface area contributed by atoms with E-state index in [1.807, 2.05) is 50.2 Å². The SMILES string of the molecule is CCOc1ccc2nc3ccc(=[O+]CC)cc-3sc2c1.[Br-]. The number of benzene rings is 2. The zero-order valence-corrected chi connectivity index (χ0v) is 14.3. The summed E-state index contributed by atoms with van der Waals surface area (Å²) in [5, 5.41) is 0. The van der Waals surface area contributed by atoms with E-state index in [1.54, 1.807) is 11.3 Å². The number of halogens is 1. The van der Waals surface area contributed by atoms with Crippen LogP contribution < -0.4 is 27.1 Å². The van der Waals surface area contributed by atoms with Gasteiger partial charge in [-0.3, -0.25) is 4.42 Å². The van der Waals surface area contributed by atoms with Crippen LogP contribution >= 0.6 is 11.3 Å². The summed E-state index contributed by atoms with van der Waals surface area (Å²) in [4.78, 5) is 5.80. The molecule has 0 amide bonds. The fourth-order valence-corrected chi connectivity index (χ4v) is 3.12. The molecule has 0 saturated carbocycles. The Morgan fingerprint density at radius 2 is 2.00 bits per heavy atom. The van der Waals surface area contributed by atoms with Gasteiger partial charge < -0.3 is 21.7 Å². The van der Waals surface area contributed by atoms with Gasteiger partial charge in [-0.2, -0.15) is 0 Å². The number of hydrogen-bond donors (Lipinski definition) is 0. The quantitative estimate of drug-likeness (QED) is 0.506. The third-order valence-electron chi connectivity index (χ3n) is 2.95. The summed E-state index contributed by atoms with van der Waals surface area (Å²) >= 11 is 1.71. The van der Waals surface area contributed by atoms with Crippen molar-refractivity contribution in [3.05, 3.63) is 46.3 Å². The van der Waals surface area contributed by atoms with Gasteiger partial charge in [0.15, 0.2) is 0 Å². The molecule has 21 heavy (non-hydrogen) atoms. The number of nitrogens with zero attached hydrogens (tertiary/aromatic N) is 1. The Balaban J connectivity index is 0.00000161. The minimum absolute atomic E-state index is 0. The maximum absolute atomic E-state index is 5.54. The molecule has 0 N–H and O–H groups in total. The van der Waals surface area contributed by atoms with Gasteiger partial charge in [0.25, 0.3) is 6.61 Å². The van der Waals surface area contributed by atoms with Gasteiger partial charge in [-0.15, -0.1) is 11.3 Å². The van der Waals surface area contributed by atoms with E-state index in [0.29, 0.717) is 13.2 Å². The normalized spacial score (nSPS) is 11.6. The number of fused-ring (bicyclic) bond motifs is 2. The summed E-state index contributed by atoms with van der Waals surface area (Å²) in [6.45, 7) is 5.32. The zero-order valence-electron chi connectivity index (χ0n) is 11.9. The Morgan fingerprint density at radius 3 is 2.76 bits per heavy atom. The van der Waals surface area contributed by atoms with Crippen molar-refractivity contribution >= 4 is 21.6 Å². The van der Waals surface area contributed by atoms with E-state index in [1.165, 1.54) is 0 Å². The first-order valence-electron chi connectivity index (χ1n) is 6.73. The topological polar surface area (TPSA) is 33.4 Å². The van der Waals surface area contributed by atoms with E-state index in [0.717, 1.165) is 32.0 Å². The Morgan fingerprint density at radius 1 is 1.14 bits per heavy atom. The number of rotatable bonds is 3. The molecule has 3 rings (SSSR count). The average Bonchev–Trinajstić information content (AvgIpc) is 2.46. The second-order valence-electron chi connectivity index (χ2n) is 4.34. The van der Waals surface area contributed by atoms with Crippen molar-refractivity contribution in [1.29, 1.82) is 0 Å². The van der Waals surface area contributed by atoms with E-state index in [2.05, 4.69) is 4.98 Å². The molecule has 1 aliphatic carbocycles. The molecule has 5 heteroatoms. The number of aromatic nitrogens is 1. The van der Waals surface area contributed by atoms with Gasteiger partial charge >= 0.3 is 5.43 Å². The highest BCUT2D eigenvalue weighted by Gasteiger charge is 2.10. The van der Waals surface area contributed by atoms with Crippen LogP contribution in [0.2, 0.25) is 0 Å². The summed E-state index contributed by atoms with van der Waals surface area (Å²) in [6, 6.07) is 12.0. The van der Waals surface area contributed by atoms with Crippen LogP contribution in [0.15, 0.2) is 40.8 Å². The molecule has 1 aromatic carbocycles. The molecule has 110 valence electrons. The van der Waals surface area contributed by atoms with Crippen molar-refractivity contribution in [2.75, 3.05) is 13.2 Å². The first-order chi connectivity index (χ1) is 9.80. The lowest BCUT2D eigenvalue weighted by molar-refractivity contribution is -0.00000459. The van der Waals surface area contributed by atoms with Crippen LogP contribution in [0, 0.1) is 0 Å². The molecular formula is C16H16BrNO2S. The molecule has 0 radical (unpaired) electrons. The number of ether oxygens (including phenoxy) is 1. The van der Waals surface area contributed by atoms with Crippen molar-refractivity contribution in [3.8, 4) is 16.3 Å². The predicted octanol–water partition coefficient (Wildman–Crippen LogP) is 0.720.